The van der Waals surface area contributed by atoms with Gasteiger partial charge < -0.3 is 5.32 Å². The molecular formula is C10H10N6O3. The first-order chi connectivity index (χ1) is 9.06. The maximum absolute atomic E-state index is 11.7. The smallest absolute Gasteiger partial charge is 0.271 e. The summed E-state index contributed by atoms with van der Waals surface area (Å²) in [6.07, 6.45) is -0.0569. The quantitative estimate of drug-likeness (QED) is 0.613. The van der Waals surface area contributed by atoms with Gasteiger partial charge in [0.25, 0.3) is 5.69 Å². The number of hydrogen-bond donors (Lipinski definition) is 2. The minimum atomic E-state index is -0.520. The molecule has 9 nitrogen and oxygen atoms in total. The molecule has 2 N–H and O–H groups in total. The Balaban J connectivity index is 2.11. The van der Waals surface area contributed by atoms with Crippen molar-refractivity contribution in [1.29, 1.82) is 0 Å². The van der Waals surface area contributed by atoms with Gasteiger partial charge in [-0.05, 0) is 12.5 Å². The molecule has 0 saturated heterocycles. The van der Waals surface area contributed by atoms with Gasteiger partial charge in [0.15, 0.2) is 5.82 Å². The number of non-ortho nitro benzene ring substituents is 1. The highest BCUT2D eigenvalue weighted by atomic mass is 16.6. The lowest BCUT2D eigenvalue weighted by atomic mass is 10.2. The van der Waals surface area contributed by atoms with Crippen LogP contribution in [0.5, 0.6) is 0 Å². The fourth-order valence-corrected chi connectivity index (χ4v) is 1.45. The third-order valence-corrected chi connectivity index (χ3v) is 2.41. The van der Waals surface area contributed by atoms with Crippen molar-refractivity contribution in [3.63, 3.8) is 0 Å². The summed E-state index contributed by atoms with van der Waals surface area (Å²) in [6.45, 7) is 1.74. The van der Waals surface area contributed by atoms with E-state index in [1.807, 2.05) is 0 Å². The third-order valence-electron chi connectivity index (χ3n) is 2.41. The summed E-state index contributed by atoms with van der Waals surface area (Å²) >= 11 is 0. The Morgan fingerprint density at radius 2 is 2.32 bits per heavy atom. The van der Waals surface area contributed by atoms with Gasteiger partial charge in [-0.3, -0.25) is 14.9 Å². The van der Waals surface area contributed by atoms with E-state index in [1.165, 1.54) is 12.1 Å². The molecule has 2 aromatic rings. The number of hydrogen-bond acceptors (Lipinski definition) is 6. The van der Waals surface area contributed by atoms with Crippen LogP contribution in [-0.2, 0) is 11.2 Å². The first kappa shape index (κ1) is 12.6. The molecule has 0 fully saturated rings. The zero-order valence-corrected chi connectivity index (χ0v) is 9.95. The molecule has 0 aliphatic heterocycles. The predicted octanol–water partition coefficient (Wildman–Crippen LogP) is 0.598. The average Bonchev–Trinajstić information content (AvgIpc) is 2.84. The van der Waals surface area contributed by atoms with Gasteiger partial charge in [0, 0.05) is 12.1 Å². The second kappa shape index (κ2) is 5.21. The zero-order valence-electron chi connectivity index (χ0n) is 9.95. The summed E-state index contributed by atoms with van der Waals surface area (Å²) < 4.78 is 0. The Hall–Kier alpha value is -2.84. The normalized spacial score (nSPS) is 10.2. The monoisotopic (exact) mass is 262 g/mol. The summed E-state index contributed by atoms with van der Waals surface area (Å²) in [5, 5.41) is 26.1. The van der Waals surface area contributed by atoms with Crippen molar-refractivity contribution in [2.75, 3.05) is 5.32 Å². The number of aromatic nitrogens is 4. The van der Waals surface area contributed by atoms with E-state index in [4.69, 9.17) is 0 Å². The molecule has 0 spiro atoms. The van der Waals surface area contributed by atoms with Gasteiger partial charge >= 0.3 is 0 Å². The zero-order chi connectivity index (χ0) is 13.8. The van der Waals surface area contributed by atoms with Crippen LogP contribution in [0.2, 0.25) is 0 Å². The molecule has 19 heavy (non-hydrogen) atoms. The van der Waals surface area contributed by atoms with Crippen LogP contribution in [0.3, 0.4) is 0 Å². The Bertz CT molecular complexity index is 610. The van der Waals surface area contributed by atoms with E-state index in [1.54, 1.807) is 13.0 Å². The summed E-state index contributed by atoms with van der Waals surface area (Å²) in [7, 11) is 0. The first-order valence-corrected chi connectivity index (χ1v) is 5.33. The number of benzene rings is 1. The number of aromatic amines is 1. The minimum absolute atomic E-state index is 0.0569. The molecule has 0 aliphatic rings. The lowest BCUT2D eigenvalue weighted by Gasteiger charge is -2.06. The lowest BCUT2D eigenvalue weighted by molar-refractivity contribution is -0.384. The van der Waals surface area contributed by atoms with E-state index < -0.39 is 4.92 Å². The number of rotatable bonds is 4. The molecule has 2 rings (SSSR count). The number of amides is 1. The summed E-state index contributed by atoms with van der Waals surface area (Å²) in [6, 6.07) is 4.26. The van der Waals surface area contributed by atoms with Gasteiger partial charge in [-0.2, -0.15) is 5.21 Å². The van der Waals surface area contributed by atoms with E-state index in [2.05, 4.69) is 25.9 Å². The highest BCUT2D eigenvalue weighted by Crippen LogP contribution is 2.21. The molecule has 0 aliphatic carbocycles. The second-order valence-corrected chi connectivity index (χ2v) is 3.81. The standard InChI is InChI=1S/C10H10N6O3/c1-6-2-3-7(16(18)19)4-8(6)11-10(17)5-9-12-14-15-13-9/h2-4H,5H2,1H3,(H,11,17)(H,12,13,14,15). The predicted molar refractivity (Wildman–Crippen MR) is 64.3 cm³/mol. The molecule has 0 saturated carbocycles. The van der Waals surface area contributed by atoms with Crippen molar-refractivity contribution in [2.45, 2.75) is 13.3 Å². The molecule has 98 valence electrons. The van der Waals surface area contributed by atoms with E-state index in [0.29, 0.717) is 5.69 Å². The Morgan fingerprint density at radius 1 is 1.53 bits per heavy atom. The van der Waals surface area contributed by atoms with Crippen LogP contribution >= 0.6 is 0 Å². The number of tetrazole rings is 1. The van der Waals surface area contributed by atoms with Crippen LogP contribution in [0.15, 0.2) is 18.2 Å². The number of anilines is 1. The number of nitrogens with one attached hydrogen (secondary N) is 2. The number of nitro groups is 1. The highest BCUT2D eigenvalue weighted by Gasteiger charge is 2.12. The molecular weight excluding hydrogens is 252 g/mol. The maximum Gasteiger partial charge on any atom is 0.271 e. The average molecular weight is 262 g/mol. The van der Waals surface area contributed by atoms with Crippen molar-refractivity contribution < 1.29 is 9.72 Å². The minimum Gasteiger partial charge on any atom is -0.325 e. The summed E-state index contributed by atoms with van der Waals surface area (Å²) in [5.74, 6) is -0.120. The molecule has 9 heteroatoms. The molecule has 0 atom stereocenters. The number of carbonyl (C=O) groups excluding carboxylic acids is 1. The Morgan fingerprint density at radius 3 is 2.95 bits per heavy atom. The number of nitrogens with zero attached hydrogens (tertiary/aromatic N) is 4. The van der Waals surface area contributed by atoms with Gasteiger partial charge in [-0.25, -0.2) is 0 Å². The fourth-order valence-electron chi connectivity index (χ4n) is 1.45. The van der Waals surface area contributed by atoms with Crippen LogP contribution in [0, 0.1) is 17.0 Å². The first-order valence-electron chi connectivity index (χ1n) is 5.33. The summed E-state index contributed by atoms with van der Waals surface area (Å²) in [4.78, 5) is 21.9. The molecule has 0 radical (unpaired) electrons. The molecule has 1 aromatic heterocycles. The van der Waals surface area contributed by atoms with Crippen molar-refractivity contribution in [2.24, 2.45) is 0 Å². The van der Waals surface area contributed by atoms with E-state index in [9.17, 15) is 14.9 Å². The number of carbonyl (C=O) groups is 1. The molecule has 0 unspecified atom stereocenters. The van der Waals surface area contributed by atoms with Crippen molar-refractivity contribution in [3.8, 4) is 0 Å². The van der Waals surface area contributed by atoms with Crippen molar-refractivity contribution in [3.05, 3.63) is 39.7 Å². The van der Waals surface area contributed by atoms with Crippen LogP contribution in [0.4, 0.5) is 11.4 Å². The van der Waals surface area contributed by atoms with Crippen LogP contribution in [0.25, 0.3) is 0 Å². The number of nitro benzene ring substituents is 1. The molecule has 1 aromatic carbocycles. The summed E-state index contributed by atoms with van der Waals surface area (Å²) in [5.41, 5.74) is 1.04. The largest absolute Gasteiger partial charge is 0.325 e. The third kappa shape index (κ3) is 3.09. The van der Waals surface area contributed by atoms with Gasteiger partial charge in [0.1, 0.15) is 0 Å². The SMILES string of the molecule is Cc1ccc([N+](=O)[O-])cc1NC(=O)Cc1nn[nH]n1. The van der Waals surface area contributed by atoms with Crippen molar-refractivity contribution in [1.82, 2.24) is 20.6 Å². The lowest BCUT2D eigenvalue weighted by Crippen LogP contribution is -2.16. The molecule has 0 bridgehead atoms. The van der Waals surface area contributed by atoms with E-state index in [0.717, 1.165) is 5.56 Å². The van der Waals surface area contributed by atoms with Crippen LogP contribution in [-0.4, -0.2) is 31.5 Å². The molecule has 1 amide bonds. The van der Waals surface area contributed by atoms with Gasteiger partial charge in [0.05, 0.1) is 17.0 Å². The second-order valence-electron chi connectivity index (χ2n) is 3.81. The fraction of sp³-hybridized carbons (Fsp3) is 0.200. The van der Waals surface area contributed by atoms with Gasteiger partial charge in [0.2, 0.25) is 5.91 Å². The van der Waals surface area contributed by atoms with Crippen molar-refractivity contribution >= 4 is 17.3 Å². The van der Waals surface area contributed by atoms with Gasteiger partial charge in [-0.1, -0.05) is 11.3 Å². The Kier molecular flexibility index (Phi) is 3.46. The Labute approximate surface area is 107 Å². The van der Waals surface area contributed by atoms with E-state index >= 15 is 0 Å². The van der Waals surface area contributed by atoms with Crippen LogP contribution in [0.1, 0.15) is 11.4 Å². The molecule has 1 heterocycles. The highest BCUT2D eigenvalue weighted by molar-refractivity contribution is 5.92. The van der Waals surface area contributed by atoms with Gasteiger partial charge in [-0.15, -0.1) is 10.2 Å². The van der Waals surface area contributed by atoms with Crippen LogP contribution < -0.4 is 5.32 Å². The van der Waals surface area contributed by atoms with E-state index in [-0.39, 0.29) is 23.8 Å². The topological polar surface area (TPSA) is 127 Å². The maximum atomic E-state index is 11.7. The number of H-pyrrole nitrogens is 1. The number of aryl methyl sites for hydroxylation is 1.